The van der Waals surface area contributed by atoms with Crippen LogP contribution in [0.1, 0.15) is 12.5 Å². The first kappa shape index (κ1) is 11.4. The average molecular weight is 234 g/mol. The summed E-state index contributed by atoms with van der Waals surface area (Å²) in [5.74, 6) is -1.28. The lowest BCUT2D eigenvalue weighted by atomic mass is 10.0. The number of hydrogen-bond acceptors (Lipinski definition) is 2. The summed E-state index contributed by atoms with van der Waals surface area (Å²) in [7, 11) is 1.77. The van der Waals surface area contributed by atoms with Crippen LogP contribution >= 0.6 is 0 Å². The van der Waals surface area contributed by atoms with Crippen LogP contribution in [-0.2, 0) is 18.3 Å². The van der Waals surface area contributed by atoms with Gasteiger partial charge in [0.15, 0.2) is 0 Å². The van der Waals surface area contributed by atoms with Crippen molar-refractivity contribution < 1.29 is 9.90 Å². The molecule has 1 aromatic carbocycles. The first-order valence-corrected chi connectivity index (χ1v) is 5.39. The molecular weight excluding hydrogens is 220 g/mol. The molecule has 0 saturated carbocycles. The van der Waals surface area contributed by atoms with Crippen molar-refractivity contribution in [2.45, 2.75) is 13.3 Å². The molecule has 1 aromatic heterocycles. The second-order valence-corrected chi connectivity index (χ2v) is 4.29. The Bertz CT molecular complexity index is 624. The Kier molecular flexibility index (Phi) is 2.75. The average Bonchev–Trinajstić information content (AvgIpc) is 2.54. The fourth-order valence-corrected chi connectivity index (χ4v) is 1.90. The second-order valence-electron chi connectivity index (χ2n) is 4.29. The summed E-state index contributed by atoms with van der Waals surface area (Å²) in [5, 5.41) is 12.1. The van der Waals surface area contributed by atoms with E-state index in [1.165, 1.54) is 0 Å². The lowest BCUT2D eigenvalue weighted by molar-refractivity contribution is -0.141. The number of carboxylic acid groups (broad SMARTS) is 1. The van der Waals surface area contributed by atoms with Crippen molar-refractivity contribution in [3.63, 3.8) is 0 Å². The van der Waals surface area contributed by atoms with E-state index in [9.17, 15) is 9.59 Å². The molecule has 0 spiro atoms. The molecule has 1 atom stereocenters. The molecule has 17 heavy (non-hydrogen) atoms. The predicted molar refractivity (Wildman–Crippen MR) is 64.0 cm³/mol. The van der Waals surface area contributed by atoms with Gasteiger partial charge < -0.3 is 5.11 Å². The number of aryl methyl sites for hydroxylation is 1. The topological polar surface area (TPSA) is 75.1 Å². The van der Waals surface area contributed by atoms with Crippen LogP contribution in [0.2, 0.25) is 0 Å². The van der Waals surface area contributed by atoms with Gasteiger partial charge in [-0.2, -0.15) is 0 Å². The van der Waals surface area contributed by atoms with Crippen LogP contribution < -0.4 is 5.56 Å². The van der Waals surface area contributed by atoms with Crippen molar-refractivity contribution in [3.8, 4) is 0 Å². The van der Waals surface area contributed by atoms with Crippen molar-refractivity contribution in [1.82, 2.24) is 9.78 Å². The SMILES string of the molecule is CC(Cc1ccc2c(c1)c(=O)[nH]n2C)C(=O)O. The molecule has 0 radical (unpaired) electrons. The summed E-state index contributed by atoms with van der Waals surface area (Å²) in [4.78, 5) is 22.3. The Morgan fingerprint density at radius 2 is 2.24 bits per heavy atom. The molecule has 2 N–H and O–H groups in total. The summed E-state index contributed by atoms with van der Waals surface area (Å²) < 4.78 is 1.65. The summed E-state index contributed by atoms with van der Waals surface area (Å²) in [6, 6.07) is 5.44. The minimum atomic E-state index is -0.827. The van der Waals surface area contributed by atoms with Crippen LogP contribution in [0.4, 0.5) is 0 Å². The van der Waals surface area contributed by atoms with Crippen molar-refractivity contribution in [2.75, 3.05) is 0 Å². The highest BCUT2D eigenvalue weighted by molar-refractivity contribution is 5.79. The van der Waals surface area contributed by atoms with E-state index in [4.69, 9.17) is 5.11 Å². The fraction of sp³-hybridized carbons (Fsp3) is 0.333. The van der Waals surface area contributed by atoms with Crippen LogP contribution in [0.3, 0.4) is 0 Å². The van der Waals surface area contributed by atoms with Crippen molar-refractivity contribution in [2.24, 2.45) is 13.0 Å². The highest BCUT2D eigenvalue weighted by Crippen LogP contribution is 2.15. The minimum absolute atomic E-state index is 0.146. The number of hydrogen-bond donors (Lipinski definition) is 2. The van der Waals surface area contributed by atoms with Gasteiger partial charge in [-0.3, -0.25) is 19.4 Å². The van der Waals surface area contributed by atoms with E-state index >= 15 is 0 Å². The smallest absolute Gasteiger partial charge is 0.306 e. The van der Waals surface area contributed by atoms with Crippen molar-refractivity contribution >= 4 is 16.9 Å². The zero-order valence-corrected chi connectivity index (χ0v) is 9.73. The van der Waals surface area contributed by atoms with E-state index in [1.54, 1.807) is 24.7 Å². The Morgan fingerprint density at radius 3 is 2.88 bits per heavy atom. The number of fused-ring (bicyclic) bond motifs is 1. The molecule has 2 aromatic rings. The van der Waals surface area contributed by atoms with Gasteiger partial charge in [0.25, 0.3) is 5.56 Å². The fourth-order valence-electron chi connectivity index (χ4n) is 1.90. The van der Waals surface area contributed by atoms with Gasteiger partial charge in [0.2, 0.25) is 0 Å². The zero-order valence-electron chi connectivity index (χ0n) is 9.73. The molecule has 1 unspecified atom stereocenters. The number of aromatic nitrogens is 2. The third-order valence-electron chi connectivity index (χ3n) is 2.90. The van der Waals surface area contributed by atoms with E-state index in [1.807, 2.05) is 12.1 Å². The maximum Gasteiger partial charge on any atom is 0.306 e. The minimum Gasteiger partial charge on any atom is -0.481 e. The highest BCUT2D eigenvalue weighted by Gasteiger charge is 2.13. The summed E-state index contributed by atoms with van der Waals surface area (Å²) in [6.45, 7) is 1.65. The third kappa shape index (κ3) is 2.08. The Hall–Kier alpha value is -2.04. The molecule has 0 aliphatic rings. The molecule has 5 nitrogen and oxygen atoms in total. The number of rotatable bonds is 3. The number of benzene rings is 1. The molecule has 0 saturated heterocycles. The summed E-state index contributed by atoms with van der Waals surface area (Å²) in [6.07, 6.45) is 0.430. The van der Waals surface area contributed by atoms with Crippen LogP contribution in [0.5, 0.6) is 0 Å². The molecule has 1 heterocycles. The van der Waals surface area contributed by atoms with Gasteiger partial charge in [0, 0.05) is 7.05 Å². The Labute approximate surface area is 97.7 Å². The third-order valence-corrected chi connectivity index (χ3v) is 2.90. The Balaban J connectivity index is 2.41. The van der Waals surface area contributed by atoms with Gasteiger partial charge in [-0.15, -0.1) is 0 Å². The second kappa shape index (κ2) is 4.08. The quantitative estimate of drug-likeness (QED) is 0.835. The van der Waals surface area contributed by atoms with Gasteiger partial charge in [-0.05, 0) is 24.1 Å². The van der Waals surface area contributed by atoms with Crippen molar-refractivity contribution in [3.05, 3.63) is 34.1 Å². The van der Waals surface area contributed by atoms with E-state index in [0.29, 0.717) is 11.8 Å². The predicted octanol–water partition coefficient (Wildman–Crippen LogP) is 1.13. The van der Waals surface area contributed by atoms with Gasteiger partial charge in [-0.25, -0.2) is 0 Å². The van der Waals surface area contributed by atoms with Gasteiger partial charge >= 0.3 is 5.97 Å². The van der Waals surface area contributed by atoms with E-state index in [-0.39, 0.29) is 5.56 Å². The number of nitrogens with zero attached hydrogens (tertiary/aromatic N) is 1. The maximum absolute atomic E-state index is 11.6. The maximum atomic E-state index is 11.6. The zero-order chi connectivity index (χ0) is 12.6. The molecule has 0 bridgehead atoms. The summed E-state index contributed by atoms with van der Waals surface area (Å²) >= 11 is 0. The van der Waals surface area contributed by atoms with Crippen molar-refractivity contribution in [1.29, 1.82) is 0 Å². The standard InChI is InChI=1S/C12H14N2O3/c1-7(12(16)17)5-8-3-4-10-9(6-8)11(15)13-14(10)2/h3-4,6-7H,5H2,1-2H3,(H,13,15)(H,16,17). The number of aromatic amines is 1. The lowest BCUT2D eigenvalue weighted by Crippen LogP contribution is -2.12. The number of H-pyrrole nitrogens is 1. The Morgan fingerprint density at radius 1 is 1.53 bits per heavy atom. The molecule has 0 aliphatic carbocycles. The molecule has 2 rings (SSSR count). The molecule has 0 fully saturated rings. The van der Waals surface area contributed by atoms with Gasteiger partial charge in [0.1, 0.15) is 0 Å². The normalized spacial score (nSPS) is 12.8. The first-order valence-electron chi connectivity index (χ1n) is 5.39. The lowest BCUT2D eigenvalue weighted by Gasteiger charge is -2.06. The number of carbonyl (C=O) groups is 1. The van der Waals surface area contributed by atoms with E-state index < -0.39 is 11.9 Å². The number of carboxylic acids is 1. The van der Waals surface area contributed by atoms with E-state index in [0.717, 1.165) is 11.1 Å². The molecule has 90 valence electrons. The highest BCUT2D eigenvalue weighted by atomic mass is 16.4. The molecule has 5 heteroatoms. The van der Waals surface area contributed by atoms with Gasteiger partial charge in [-0.1, -0.05) is 13.0 Å². The number of nitrogens with one attached hydrogen (secondary N) is 1. The summed E-state index contributed by atoms with van der Waals surface area (Å²) in [5.41, 5.74) is 1.54. The molecule has 0 amide bonds. The molecular formula is C12H14N2O3. The number of aliphatic carboxylic acids is 1. The van der Waals surface area contributed by atoms with E-state index in [2.05, 4.69) is 5.10 Å². The van der Waals surface area contributed by atoms with Crippen LogP contribution in [0.15, 0.2) is 23.0 Å². The molecule has 0 aliphatic heterocycles. The largest absolute Gasteiger partial charge is 0.481 e. The van der Waals surface area contributed by atoms with Crippen LogP contribution in [0.25, 0.3) is 10.9 Å². The first-order chi connectivity index (χ1) is 7.99. The van der Waals surface area contributed by atoms with Crippen LogP contribution in [-0.4, -0.2) is 20.9 Å². The van der Waals surface area contributed by atoms with Gasteiger partial charge in [0.05, 0.1) is 16.8 Å². The van der Waals surface area contributed by atoms with Crippen LogP contribution in [0, 0.1) is 5.92 Å². The monoisotopic (exact) mass is 234 g/mol.